The van der Waals surface area contributed by atoms with E-state index in [1.165, 1.54) is 16.4 Å². The molecule has 5 nitrogen and oxygen atoms in total. The molecule has 1 saturated heterocycles. The third-order valence-corrected chi connectivity index (χ3v) is 6.93. The Kier molecular flexibility index (Phi) is 8.38. The summed E-state index contributed by atoms with van der Waals surface area (Å²) < 4.78 is 27.9. The Morgan fingerprint density at radius 2 is 1.81 bits per heavy atom. The molecule has 1 fully saturated rings. The Hall–Kier alpha value is -1.11. The van der Waals surface area contributed by atoms with Gasteiger partial charge in [-0.2, -0.15) is 4.31 Å². The Morgan fingerprint density at radius 3 is 2.50 bits per heavy atom. The lowest BCUT2D eigenvalue weighted by Gasteiger charge is -2.29. The number of nitrogens with zero attached hydrogens (tertiary/aromatic N) is 1. The predicted molar refractivity (Wildman–Crippen MR) is 105 cm³/mol. The monoisotopic (exact) mass is 400 g/mol. The minimum absolute atomic E-state index is 0.186. The highest BCUT2D eigenvalue weighted by atomic mass is 35.5. The van der Waals surface area contributed by atoms with Crippen molar-refractivity contribution in [1.29, 1.82) is 0 Å². The fraction of sp³-hybridized carbons (Fsp3) is 0.632. The predicted octanol–water partition coefficient (Wildman–Crippen LogP) is 3.97. The zero-order valence-corrected chi connectivity index (χ0v) is 17.0. The molecular weight excluding hydrogens is 372 g/mol. The molecule has 1 aliphatic heterocycles. The summed E-state index contributed by atoms with van der Waals surface area (Å²) in [5.41, 5.74) is 0. The number of rotatable bonds is 9. The van der Waals surface area contributed by atoms with Crippen LogP contribution in [0.3, 0.4) is 0 Å². The molecule has 26 heavy (non-hydrogen) atoms. The van der Waals surface area contributed by atoms with Crippen LogP contribution < -0.4 is 5.32 Å². The minimum atomic E-state index is -3.75. The number of hydrogen-bond acceptors (Lipinski definition) is 3. The molecule has 0 bridgehead atoms. The molecule has 1 aliphatic rings. The molecule has 1 atom stereocenters. The molecule has 0 saturated carbocycles. The van der Waals surface area contributed by atoms with Gasteiger partial charge in [-0.05, 0) is 49.9 Å². The Balaban J connectivity index is 2.23. The van der Waals surface area contributed by atoms with E-state index in [-0.39, 0.29) is 10.8 Å². The topological polar surface area (TPSA) is 66.5 Å². The molecule has 7 heteroatoms. The summed E-state index contributed by atoms with van der Waals surface area (Å²) in [6.07, 6.45) is 7.38. The van der Waals surface area contributed by atoms with Gasteiger partial charge in [-0.25, -0.2) is 8.42 Å². The third kappa shape index (κ3) is 5.69. The van der Waals surface area contributed by atoms with Gasteiger partial charge in [0, 0.05) is 18.1 Å². The molecule has 0 spiro atoms. The zero-order chi connectivity index (χ0) is 19.0. The van der Waals surface area contributed by atoms with E-state index in [2.05, 4.69) is 12.2 Å². The number of unbranched alkanes of at least 4 members (excludes halogenated alkanes) is 4. The van der Waals surface area contributed by atoms with Crippen molar-refractivity contribution in [3.63, 3.8) is 0 Å². The van der Waals surface area contributed by atoms with Crippen LogP contribution in [0.4, 0.5) is 0 Å². The average Bonchev–Trinajstić information content (AvgIpc) is 2.83. The molecule has 1 N–H and O–H groups in total. The maximum Gasteiger partial charge on any atom is 0.243 e. The van der Waals surface area contributed by atoms with Crippen molar-refractivity contribution in [1.82, 2.24) is 9.62 Å². The van der Waals surface area contributed by atoms with Crippen LogP contribution in [0, 0.1) is 0 Å². The number of carbonyl (C=O) groups excluding carboxylic acids is 1. The van der Waals surface area contributed by atoms with E-state index in [1.807, 2.05) is 0 Å². The number of carbonyl (C=O) groups is 1. The van der Waals surface area contributed by atoms with Crippen LogP contribution in [0.25, 0.3) is 0 Å². The van der Waals surface area contributed by atoms with Gasteiger partial charge < -0.3 is 5.32 Å². The van der Waals surface area contributed by atoms with E-state index in [0.29, 0.717) is 24.5 Å². The largest absolute Gasteiger partial charge is 0.355 e. The Morgan fingerprint density at radius 1 is 1.12 bits per heavy atom. The van der Waals surface area contributed by atoms with Gasteiger partial charge in [0.25, 0.3) is 0 Å². The van der Waals surface area contributed by atoms with Gasteiger partial charge >= 0.3 is 0 Å². The lowest BCUT2D eigenvalue weighted by molar-refractivity contribution is -0.124. The molecular formula is C19H29ClN2O3S. The number of nitrogens with one attached hydrogen (secondary N) is 1. The van der Waals surface area contributed by atoms with E-state index in [1.54, 1.807) is 12.1 Å². The van der Waals surface area contributed by atoms with Gasteiger partial charge in [0.2, 0.25) is 15.9 Å². The highest BCUT2D eigenvalue weighted by Crippen LogP contribution is 2.24. The molecule has 0 aromatic heterocycles. The SMILES string of the molecule is CCCCCCCN(C1CCCCNC1=O)S(=O)(=O)c1ccc(Cl)cc1. The van der Waals surface area contributed by atoms with Crippen molar-refractivity contribution in [3.05, 3.63) is 29.3 Å². The van der Waals surface area contributed by atoms with Crippen molar-refractivity contribution in [2.75, 3.05) is 13.1 Å². The van der Waals surface area contributed by atoms with Crippen LogP contribution in [0.1, 0.15) is 58.3 Å². The van der Waals surface area contributed by atoms with Crippen LogP contribution in [0.15, 0.2) is 29.2 Å². The second-order valence-corrected chi connectivity index (χ2v) is 9.11. The summed E-state index contributed by atoms with van der Waals surface area (Å²) in [7, 11) is -3.75. The third-order valence-electron chi connectivity index (χ3n) is 4.76. The summed E-state index contributed by atoms with van der Waals surface area (Å²) in [6.45, 7) is 3.13. The Bertz CT molecular complexity index is 677. The molecule has 146 valence electrons. The first-order chi connectivity index (χ1) is 12.5. The second-order valence-electron chi connectivity index (χ2n) is 6.79. The zero-order valence-electron chi connectivity index (χ0n) is 15.4. The smallest absolute Gasteiger partial charge is 0.243 e. The average molecular weight is 401 g/mol. The van der Waals surface area contributed by atoms with Crippen LogP contribution in [-0.2, 0) is 14.8 Å². The van der Waals surface area contributed by atoms with Crippen molar-refractivity contribution in [3.8, 4) is 0 Å². The van der Waals surface area contributed by atoms with Crippen LogP contribution in [0.2, 0.25) is 5.02 Å². The minimum Gasteiger partial charge on any atom is -0.355 e. The summed E-state index contributed by atoms with van der Waals surface area (Å²) in [4.78, 5) is 12.7. The maximum absolute atomic E-state index is 13.2. The number of hydrogen-bond donors (Lipinski definition) is 1. The van der Waals surface area contributed by atoms with E-state index < -0.39 is 16.1 Å². The highest BCUT2D eigenvalue weighted by molar-refractivity contribution is 7.89. The molecule has 1 unspecified atom stereocenters. The molecule has 1 aromatic rings. The maximum atomic E-state index is 13.2. The standard InChI is InChI=1S/C19H29ClN2O3S/c1-2-3-4-5-8-15-22(18-9-6-7-14-21-19(18)23)26(24,25)17-12-10-16(20)11-13-17/h10-13,18H,2-9,14-15H2,1H3,(H,21,23). The van der Waals surface area contributed by atoms with Gasteiger partial charge in [-0.15, -0.1) is 0 Å². The molecule has 0 aliphatic carbocycles. The van der Waals surface area contributed by atoms with Gasteiger partial charge in [0.15, 0.2) is 0 Å². The summed E-state index contributed by atoms with van der Waals surface area (Å²) in [5.74, 6) is -0.186. The van der Waals surface area contributed by atoms with Gasteiger partial charge in [-0.3, -0.25) is 4.79 Å². The lowest BCUT2D eigenvalue weighted by atomic mass is 10.1. The van der Waals surface area contributed by atoms with Gasteiger partial charge in [0.1, 0.15) is 6.04 Å². The van der Waals surface area contributed by atoms with E-state index in [0.717, 1.165) is 44.9 Å². The molecule has 1 aromatic carbocycles. The van der Waals surface area contributed by atoms with E-state index in [9.17, 15) is 13.2 Å². The highest BCUT2D eigenvalue weighted by Gasteiger charge is 2.35. The van der Waals surface area contributed by atoms with Crippen molar-refractivity contribution < 1.29 is 13.2 Å². The van der Waals surface area contributed by atoms with Crippen molar-refractivity contribution >= 4 is 27.5 Å². The first-order valence-corrected chi connectivity index (χ1v) is 11.3. The van der Waals surface area contributed by atoms with Gasteiger partial charge in [-0.1, -0.05) is 44.2 Å². The first kappa shape index (κ1) is 21.2. The molecule has 1 amide bonds. The second kappa shape index (κ2) is 10.3. The quantitative estimate of drug-likeness (QED) is 0.638. The van der Waals surface area contributed by atoms with Crippen LogP contribution >= 0.6 is 11.6 Å². The van der Waals surface area contributed by atoms with Gasteiger partial charge in [0.05, 0.1) is 4.90 Å². The molecule has 1 heterocycles. The van der Waals surface area contributed by atoms with Crippen molar-refractivity contribution in [2.24, 2.45) is 0 Å². The lowest BCUT2D eigenvalue weighted by Crippen LogP contribution is -2.49. The number of halogens is 1. The fourth-order valence-corrected chi connectivity index (χ4v) is 5.04. The first-order valence-electron chi connectivity index (χ1n) is 9.52. The molecule has 2 rings (SSSR count). The van der Waals surface area contributed by atoms with Crippen molar-refractivity contribution in [2.45, 2.75) is 69.2 Å². The van der Waals surface area contributed by atoms with E-state index in [4.69, 9.17) is 11.6 Å². The summed E-state index contributed by atoms with van der Waals surface area (Å²) in [6, 6.07) is 5.53. The summed E-state index contributed by atoms with van der Waals surface area (Å²) >= 11 is 5.89. The fourth-order valence-electron chi connectivity index (χ4n) is 3.25. The number of amides is 1. The normalized spacial score (nSPS) is 18.6. The number of benzene rings is 1. The van der Waals surface area contributed by atoms with E-state index >= 15 is 0 Å². The van der Waals surface area contributed by atoms with Crippen LogP contribution in [0.5, 0.6) is 0 Å². The number of sulfonamides is 1. The molecule has 0 radical (unpaired) electrons. The summed E-state index contributed by atoms with van der Waals surface area (Å²) in [5, 5.41) is 3.34. The van der Waals surface area contributed by atoms with Crippen LogP contribution in [-0.4, -0.2) is 37.8 Å². The Labute approximate surface area is 162 Å².